The molecule has 0 fully saturated rings. The highest BCUT2D eigenvalue weighted by atomic mass is 16.2. The van der Waals surface area contributed by atoms with E-state index in [1.807, 2.05) is 41.3 Å². The lowest BCUT2D eigenvalue weighted by molar-refractivity contribution is 0.0729. The van der Waals surface area contributed by atoms with Gasteiger partial charge in [0.15, 0.2) is 5.69 Å². The Hall–Kier alpha value is -3.34. The van der Waals surface area contributed by atoms with E-state index in [1.54, 1.807) is 0 Å². The van der Waals surface area contributed by atoms with Gasteiger partial charge in [-0.1, -0.05) is 42.0 Å². The van der Waals surface area contributed by atoms with Crippen molar-refractivity contribution < 1.29 is 4.79 Å². The number of benzene rings is 2. The molecule has 1 aliphatic heterocycles. The molecule has 0 spiro atoms. The molecule has 1 amide bonds. The molecular weight excluding hydrogens is 336 g/mol. The zero-order valence-corrected chi connectivity index (χ0v) is 15.1. The molecule has 134 valence electrons. The molecule has 2 N–H and O–H groups in total. The molecule has 5 nitrogen and oxygen atoms in total. The Labute approximate surface area is 157 Å². The average molecular weight is 356 g/mol. The van der Waals surface area contributed by atoms with Crippen molar-refractivity contribution in [2.75, 3.05) is 6.54 Å². The first-order valence-corrected chi connectivity index (χ1v) is 9.19. The minimum absolute atomic E-state index is 0.0268. The molecule has 0 aliphatic carbocycles. The molecule has 2 aromatic heterocycles. The van der Waals surface area contributed by atoms with E-state index in [2.05, 4.69) is 40.3 Å². The first-order chi connectivity index (χ1) is 13.2. The number of hydrogen-bond acceptors (Lipinski definition) is 2. The summed E-state index contributed by atoms with van der Waals surface area (Å²) in [6.07, 6.45) is 0.838. The Bertz CT molecular complexity index is 1140. The molecule has 1 aliphatic rings. The normalized spacial score (nSPS) is 13.7. The van der Waals surface area contributed by atoms with Crippen molar-refractivity contribution in [1.82, 2.24) is 20.1 Å². The van der Waals surface area contributed by atoms with Crippen LogP contribution in [0.3, 0.4) is 0 Å². The van der Waals surface area contributed by atoms with Crippen LogP contribution in [-0.2, 0) is 13.0 Å². The zero-order chi connectivity index (χ0) is 18.4. The first-order valence-electron chi connectivity index (χ1n) is 9.19. The van der Waals surface area contributed by atoms with Crippen LogP contribution in [0.5, 0.6) is 0 Å². The van der Waals surface area contributed by atoms with E-state index in [1.165, 1.54) is 22.2 Å². The van der Waals surface area contributed by atoms with Gasteiger partial charge in [-0.15, -0.1) is 0 Å². The fourth-order valence-corrected chi connectivity index (χ4v) is 3.86. The molecule has 0 radical (unpaired) electrons. The monoisotopic (exact) mass is 356 g/mol. The molecule has 3 heterocycles. The summed E-state index contributed by atoms with van der Waals surface area (Å²) in [5, 5.41) is 8.47. The summed E-state index contributed by atoms with van der Waals surface area (Å²) >= 11 is 0. The topological polar surface area (TPSA) is 64.8 Å². The highest BCUT2D eigenvalue weighted by Crippen LogP contribution is 2.29. The number of rotatable bonds is 2. The molecule has 0 atom stereocenters. The van der Waals surface area contributed by atoms with Crippen LogP contribution in [-0.4, -0.2) is 32.5 Å². The molecule has 0 bridgehead atoms. The minimum Gasteiger partial charge on any atom is -0.358 e. The highest BCUT2D eigenvalue weighted by molar-refractivity contribution is 5.94. The summed E-state index contributed by atoms with van der Waals surface area (Å²) < 4.78 is 0. The molecule has 5 rings (SSSR count). The number of H-pyrrole nitrogens is 2. The number of nitrogens with zero attached hydrogens (tertiary/aromatic N) is 2. The second-order valence-electron chi connectivity index (χ2n) is 7.14. The van der Waals surface area contributed by atoms with Gasteiger partial charge >= 0.3 is 0 Å². The highest BCUT2D eigenvalue weighted by Gasteiger charge is 2.26. The van der Waals surface area contributed by atoms with Gasteiger partial charge in [0.2, 0.25) is 0 Å². The van der Waals surface area contributed by atoms with Crippen molar-refractivity contribution >= 4 is 16.8 Å². The molecule has 27 heavy (non-hydrogen) atoms. The number of nitrogens with one attached hydrogen (secondary N) is 2. The number of amides is 1. The lowest BCUT2D eigenvalue weighted by atomic mass is 10.0. The molecule has 5 heteroatoms. The quantitative estimate of drug-likeness (QED) is 0.569. The fraction of sp³-hybridized carbons (Fsp3) is 0.182. The third-order valence-corrected chi connectivity index (χ3v) is 5.30. The summed E-state index contributed by atoms with van der Waals surface area (Å²) in [6.45, 7) is 3.41. The van der Waals surface area contributed by atoms with Crippen molar-refractivity contribution in [3.63, 3.8) is 0 Å². The number of hydrogen-bond donors (Lipinski definition) is 2. The van der Waals surface area contributed by atoms with Crippen LogP contribution in [0.2, 0.25) is 0 Å². The maximum absolute atomic E-state index is 13.0. The Morgan fingerprint density at radius 1 is 1.11 bits per heavy atom. The standard InChI is InChI=1S/C22H20N4O/c1-14-7-8-18-16(11-14)17-13-26(10-9-19(17)23-18)22(27)21-12-20(24-25-21)15-5-3-2-4-6-15/h2-8,11-12,23H,9-10,13H2,1H3,(H,24,25). The second-order valence-corrected chi connectivity index (χ2v) is 7.14. The number of aromatic amines is 2. The van der Waals surface area contributed by atoms with Crippen molar-refractivity contribution in [3.05, 3.63) is 77.1 Å². The number of fused-ring (bicyclic) bond motifs is 3. The molecular formula is C22H20N4O. The molecule has 0 saturated carbocycles. The minimum atomic E-state index is -0.0268. The first kappa shape index (κ1) is 15.9. The van der Waals surface area contributed by atoms with E-state index in [9.17, 15) is 4.79 Å². The van der Waals surface area contributed by atoms with E-state index >= 15 is 0 Å². The van der Waals surface area contributed by atoms with Crippen molar-refractivity contribution in [2.24, 2.45) is 0 Å². The summed E-state index contributed by atoms with van der Waals surface area (Å²) in [5.74, 6) is -0.0268. The van der Waals surface area contributed by atoms with Gasteiger partial charge in [-0.2, -0.15) is 5.10 Å². The Morgan fingerprint density at radius 3 is 2.81 bits per heavy atom. The Kier molecular flexibility index (Phi) is 3.60. The maximum Gasteiger partial charge on any atom is 0.274 e. The van der Waals surface area contributed by atoms with Gasteiger partial charge < -0.3 is 9.88 Å². The van der Waals surface area contributed by atoms with Gasteiger partial charge in [0, 0.05) is 41.7 Å². The Morgan fingerprint density at radius 2 is 1.96 bits per heavy atom. The van der Waals surface area contributed by atoms with E-state index in [4.69, 9.17) is 0 Å². The van der Waals surface area contributed by atoms with Gasteiger partial charge in [0.05, 0.1) is 5.69 Å². The second kappa shape index (κ2) is 6.13. The van der Waals surface area contributed by atoms with E-state index in [0.29, 0.717) is 18.8 Å². The van der Waals surface area contributed by atoms with Crippen molar-refractivity contribution in [1.29, 1.82) is 0 Å². The van der Waals surface area contributed by atoms with Crippen LogP contribution in [0.4, 0.5) is 0 Å². The van der Waals surface area contributed by atoms with Crippen LogP contribution < -0.4 is 0 Å². The lowest BCUT2D eigenvalue weighted by Gasteiger charge is -2.26. The van der Waals surface area contributed by atoms with Crippen LogP contribution in [0.1, 0.15) is 27.3 Å². The van der Waals surface area contributed by atoms with Crippen molar-refractivity contribution in [2.45, 2.75) is 19.9 Å². The van der Waals surface area contributed by atoms with Crippen LogP contribution in [0, 0.1) is 6.92 Å². The number of aromatic nitrogens is 3. The van der Waals surface area contributed by atoms with E-state index < -0.39 is 0 Å². The smallest absolute Gasteiger partial charge is 0.274 e. The van der Waals surface area contributed by atoms with Gasteiger partial charge in [0.25, 0.3) is 5.91 Å². The van der Waals surface area contributed by atoms with Crippen LogP contribution >= 0.6 is 0 Å². The van der Waals surface area contributed by atoms with Gasteiger partial charge in [-0.05, 0) is 30.7 Å². The number of carbonyl (C=O) groups is 1. The summed E-state index contributed by atoms with van der Waals surface area (Å²) in [5.41, 5.74) is 7.20. The van der Waals surface area contributed by atoms with Gasteiger partial charge in [0.1, 0.15) is 0 Å². The predicted octanol–water partition coefficient (Wildman–Crippen LogP) is 4.06. The summed E-state index contributed by atoms with van der Waals surface area (Å²) in [7, 11) is 0. The van der Waals surface area contributed by atoms with Crippen molar-refractivity contribution in [3.8, 4) is 11.3 Å². The van der Waals surface area contributed by atoms with Crippen LogP contribution in [0.15, 0.2) is 54.6 Å². The third kappa shape index (κ3) is 2.72. The molecule has 4 aromatic rings. The zero-order valence-electron chi connectivity index (χ0n) is 15.1. The van der Waals surface area contributed by atoms with Gasteiger partial charge in [-0.25, -0.2) is 0 Å². The molecule has 0 saturated heterocycles. The SMILES string of the molecule is Cc1ccc2[nH]c3c(c2c1)CN(C(=O)c1cc(-c2ccccc2)[nH]n1)CC3. The van der Waals surface area contributed by atoms with E-state index in [0.717, 1.165) is 23.2 Å². The Balaban J connectivity index is 1.43. The molecule has 2 aromatic carbocycles. The summed E-state index contributed by atoms with van der Waals surface area (Å²) in [4.78, 5) is 18.4. The average Bonchev–Trinajstić information content (AvgIpc) is 3.33. The largest absolute Gasteiger partial charge is 0.358 e. The number of carbonyl (C=O) groups excluding carboxylic acids is 1. The fourth-order valence-electron chi connectivity index (χ4n) is 3.86. The summed E-state index contributed by atoms with van der Waals surface area (Å²) in [6, 6.07) is 18.2. The maximum atomic E-state index is 13.0. The lowest BCUT2D eigenvalue weighted by Crippen LogP contribution is -2.36. The van der Waals surface area contributed by atoms with E-state index in [-0.39, 0.29) is 5.91 Å². The number of aryl methyl sites for hydroxylation is 1. The molecule has 0 unspecified atom stereocenters. The van der Waals surface area contributed by atoms with Crippen LogP contribution in [0.25, 0.3) is 22.2 Å². The van der Waals surface area contributed by atoms with Gasteiger partial charge in [-0.3, -0.25) is 9.89 Å². The third-order valence-electron chi connectivity index (χ3n) is 5.30. The predicted molar refractivity (Wildman–Crippen MR) is 106 cm³/mol.